The average Bonchev–Trinajstić information content (AvgIpc) is 2.36. The van der Waals surface area contributed by atoms with Gasteiger partial charge in [0.1, 0.15) is 0 Å². The van der Waals surface area contributed by atoms with Gasteiger partial charge in [-0.1, -0.05) is 11.6 Å². The topological polar surface area (TPSA) is 44.8 Å². The Kier molecular flexibility index (Phi) is 4.57. The summed E-state index contributed by atoms with van der Waals surface area (Å²) in [6, 6.07) is 2.69. The second-order valence-corrected chi connectivity index (χ2v) is 3.52. The van der Waals surface area contributed by atoms with Gasteiger partial charge in [0.25, 0.3) is 0 Å². The highest BCUT2D eigenvalue weighted by Gasteiger charge is 2.25. The number of carbonyl (C=O) groups excluding carboxylic acids is 1. The summed E-state index contributed by atoms with van der Waals surface area (Å²) >= 11 is 5.85. The van der Waals surface area contributed by atoms with Crippen LogP contribution in [0.4, 0.5) is 4.39 Å². The molecule has 4 nitrogen and oxygen atoms in total. The van der Waals surface area contributed by atoms with E-state index in [1.165, 1.54) is 26.4 Å². The van der Waals surface area contributed by atoms with Crippen molar-refractivity contribution in [1.82, 2.24) is 0 Å². The first kappa shape index (κ1) is 13.6. The highest BCUT2D eigenvalue weighted by molar-refractivity contribution is 6.31. The van der Waals surface area contributed by atoms with Crippen LogP contribution < -0.4 is 9.47 Å². The molecule has 0 bridgehead atoms. The Hall–Kier alpha value is -1.49. The standard InChI is InChI=1S/C11H12ClFO4/c1-15-8-4-6(10(13)11(14)17-3)7(12)5-9(8)16-2/h4-5,10H,1-3H3. The van der Waals surface area contributed by atoms with Crippen LogP contribution in [-0.4, -0.2) is 27.3 Å². The SMILES string of the molecule is COC(=O)C(F)c1cc(OC)c(OC)cc1Cl. The molecule has 0 aromatic heterocycles. The van der Waals surface area contributed by atoms with E-state index in [2.05, 4.69) is 4.74 Å². The Bertz CT molecular complexity index is 422. The van der Waals surface area contributed by atoms with E-state index in [9.17, 15) is 9.18 Å². The summed E-state index contributed by atoms with van der Waals surface area (Å²) in [6.07, 6.45) is -1.95. The van der Waals surface area contributed by atoms with Crippen molar-refractivity contribution in [3.8, 4) is 11.5 Å². The fourth-order valence-electron chi connectivity index (χ4n) is 1.29. The maximum absolute atomic E-state index is 13.7. The van der Waals surface area contributed by atoms with E-state index in [0.717, 1.165) is 7.11 Å². The second kappa shape index (κ2) is 5.72. The minimum atomic E-state index is -1.95. The fraction of sp³-hybridized carbons (Fsp3) is 0.364. The Morgan fingerprint density at radius 3 is 2.24 bits per heavy atom. The molecule has 0 radical (unpaired) electrons. The molecule has 0 N–H and O–H groups in total. The maximum Gasteiger partial charge on any atom is 0.345 e. The molecule has 0 aliphatic rings. The predicted molar refractivity (Wildman–Crippen MR) is 60.4 cm³/mol. The quantitative estimate of drug-likeness (QED) is 0.782. The maximum atomic E-state index is 13.7. The van der Waals surface area contributed by atoms with Gasteiger partial charge in [0, 0.05) is 11.6 Å². The van der Waals surface area contributed by atoms with Gasteiger partial charge >= 0.3 is 5.97 Å². The molecule has 0 saturated heterocycles. The predicted octanol–water partition coefficient (Wildman–Crippen LogP) is 2.54. The van der Waals surface area contributed by atoms with Gasteiger partial charge in [0.15, 0.2) is 11.5 Å². The Morgan fingerprint density at radius 2 is 1.76 bits per heavy atom. The van der Waals surface area contributed by atoms with Crippen LogP contribution in [0.5, 0.6) is 11.5 Å². The highest BCUT2D eigenvalue weighted by Crippen LogP contribution is 2.37. The highest BCUT2D eigenvalue weighted by atomic mass is 35.5. The Morgan fingerprint density at radius 1 is 1.24 bits per heavy atom. The zero-order chi connectivity index (χ0) is 13.0. The fourth-order valence-corrected chi connectivity index (χ4v) is 1.54. The molecule has 1 rings (SSSR count). The average molecular weight is 263 g/mol. The summed E-state index contributed by atoms with van der Waals surface area (Å²) in [7, 11) is 3.94. The Labute approximate surface area is 103 Å². The number of esters is 1. The van der Waals surface area contributed by atoms with E-state index < -0.39 is 12.1 Å². The molecular formula is C11H12ClFO4. The zero-order valence-electron chi connectivity index (χ0n) is 9.62. The molecule has 1 unspecified atom stereocenters. The van der Waals surface area contributed by atoms with E-state index >= 15 is 0 Å². The third kappa shape index (κ3) is 2.79. The summed E-state index contributed by atoms with van der Waals surface area (Å²) in [5.41, 5.74) is -0.0174. The van der Waals surface area contributed by atoms with Gasteiger partial charge in [0.05, 0.1) is 26.4 Å². The number of halogens is 2. The molecule has 0 saturated carbocycles. The lowest BCUT2D eigenvalue weighted by Gasteiger charge is -2.13. The van der Waals surface area contributed by atoms with E-state index in [1.807, 2.05) is 0 Å². The number of rotatable bonds is 4. The number of hydrogen-bond acceptors (Lipinski definition) is 4. The van der Waals surface area contributed by atoms with Gasteiger partial charge < -0.3 is 14.2 Å². The molecule has 1 aromatic carbocycles. The van der Waals surface area contributed by atoms with Crippen molar-refractivity contribution < 1.29 is 23.4 Å². The second-order valence-electron chi connectivity index (χ2n) is 3.11. The van der Waals surface area contributed by atoms with Crippen molar-refractivity contribution in [2.45, 2.75) is 6.17 Å². The number of carbonyl (C=O) groups is 1. The third-order valence-electron chi connectivity index (χ3n) is 2.18. The number of methoxy groups -OCH3 is 3. The van der Waals surface area contributed by atoms with Crippen LogP contribution in [0, 0.1) is 0 Å². The number of alkyl halides is 1. The van der Waals surface area contributed by atoms with Crippen molar-refractivity contribution in [2.75, 3.05) is 21.3 Å². The lowest BCUT2D eigenvalue weighted by Crippen LogP contribution is -2.10. The van der Waals surface area contributed by atoms with E-state index in [1.54, 1.807) is 0 Å². The van der Waals surface area contributed by atoms with Crippen molar-refractivity contribution >= 4 is 17.6 Å². The van der Waals surface area contributed by atoms with Gasteiger partial charge in [-0.25, -0.2) is 9.18 Å². The molecule has 0 fully saturated rings. The number of ether oxygens (including phenoxy) is 3. The number of benzene rings is 1. The molecular weight excluding hydrogens is 251 g/mol. The van der Waals surface area contributed by atoms with Gasteiger partial charge in [-0.15, -0.1) is 0 Å². The largest absolute Gasteiger partial charge is 0.493 e. The van der Waals surface area contributed by atoms with E-state index in [0.29, 0.717) is 11.5 Å². The van der Waals surface area contributed by atoms with Crippen molar-refractivity contribution in [1.29, 1.82) is 0 Å². The first-order valence-corrected chi connectivity index (χ1v) is 5.06. The van der Waals surface area contributed by atoms with Crippen LogP contribution in [0.15, 0.2) is 12.1 Å². The minimum absolute atomic E-state index is 0.0174. The summed E-state index contributed by atoms with van der Waals surface area (Å²) < 4.78 is 28.0. The van der Waals surface area contributed by atoms with Crippen LogP contribution >= 0.6 is 11.6 Å². The molecule has 6 heteroatoms. The molecule has 1 atom stereocenters. The van der Waals surface area contributed by atoms with Crippen molar-refractivity contribution in [3.05, 3.63) is 22.7 Å². The van der Waals surface area contributed by atoms with Crippen molar-refractivity contribution in [2.24, 2.45) is 0 Å². The number of hydrogen-bond donors (Lipinski definition) is 0. The summed E-state index contributed by atoms with van der Waals surface area (Å²) in [5.74, 6) is -0.365. The molecule has 17 heavy (non-hydrogen) atoms. The summed E-state index contributed by atoms with van der Waals surface area (Å²) in [5, 5.41) is 0.0700. The van der Waals surface area contributed by atoms with Crippen LogP contribution in [-0.2, 0) is 9.53 Å². The van der Waals surface area contributed by atoms with Gasteiger partial charge in [0.2, 0.25) is 6.17 Å². The van der Waals surface area contributed by atoms with Gasteiger partial charge in [-0.05, 0) is 6.07 Å². The molecule has 0 aliphatic carbocycles. The van der Waals surface area contributed by atoms with Crippen LogP contribution in [0.1, 0.15) is 11.7 Å². The lowest BCUT2D eigenvalue weighted by molar-refractivity contribution is -0.146. The Balaban J connectivity index is 3.21. The minimum Gasteiger partial charge on any atom is -0.493 e. The van der Waals surface area contributed by atoms with Crippen LogP contribution in [0.2, 0.25) is 5.02 Å². The van der Waals surface area contributed by atoms with Crippen LogP contribution in [0.25, 0.3) is 0 Å². The van der Waals surface area contributed by atoms with Crippen LogP contribution in [0.3, 0.4) is 0 Å². The van der Waals surface area contributed by atoms with E-state index in [4.69, 9.17) is 21.1 Å². The molecule has 94 valence electrons. The molecule has 1 aromatic rings. The first-order valence-electron chi connectivity index (χ1n) is 4.68. The van der Waals surface area contributed by atoms with Gasteiger partial charge in [-0.2, -0.15) is 0 Å². The smallest absolute Gasteiger partial charge is 0.345 e. The lowest BCUT2D eigenvalue weighted by atomic mass is 10.1. The van der Waals surface area contributed by atoms with Gasteiger partial charge in [-0.3, -0.25) is 0 Å². The third-order valence-corrected chi connectivity index (χ3v) is 2.51. The molecule has 0 aliphatic heterocycles. The van der Waals surface area contributed by atoms with E-state index in [-0.39, 0.29) is 10.6 Å². The van der Waals surface area contributed by atoms with Crippen molar-refractivity contribution in [3.63, 3.8) is 0 Å². The zero-order valence-corrected chi connectivity index (χ0v) is 10.4. The molecule has 0 heterocycles. The molecule has 0 amide bonds. The first-order chi connectivity index (χ1) is 8.04. The normalized spacial score (nSPS) is 11.8. The molecule has 0 spiro atoms. The summed E-state index contributed by atoms with van der Waals surface area (Å²) in [4.78, 5) is 11.1. The summed E-state index contributed by atoms with van der Waals surface area (Å²) in [6.45, 7) is 0. The monoisotopic (exact) mass is 262 g/mol.